The molecule has 0 fully saturated rings. The summed E-state index contributed by atoms with van der Waals surface area (Å²) in [5, 5.41) is 22.8. The number of carbonyl (C=O) groups is 2. The molecule has 0 aliphatic rings. The molecule has 0 radical (unpaired) electrons. The van der Waals surface area contributed by atoms with Gasteiger partial charge < -0.3 is 20.3 Å². The molecule has 1 unspecified atom stereocenters. The van der Waals surface area contributed by atoms with Crippen molar-refractivity contribution >= 4 is 23.1 Å². The van der Waals surface area contributed by atoms with Crippen LogP contribution in [0.1, 0.15) is 27.9 Å². The average Bonchev–Trinajstić information content (AvgIpc) is 2.79. The molecule has 7 nitrogen and oxygen atoms in total. The molecule has 3 aromatic rings. The van der Waals surface area contributed by atoms with Gasteiger partial charge in [-0.2, -0.15) is 0 Å². The zero-order valence-corrected chi connectivity index (χ0v) is 17.4. The van der Waals surface area contributed by atoms with E-state index in [1.807, 2.05) is 6.92 Å². The summed E-state index contributed by atoms with van der Waals surface area (Å²) in [6.45, 7) is 9.00. The Hall–Kier alpha value is -4.31. The van der Waals surface area contributed by atoms with Gasteiger partial charge in [-0.25, -0.2) is 9.64 Å². The van der Waals surface area contributed by atoms with Crippen molar-refractivity contribution in [1.82, 2.24) is 0 Å². The minimum absolute atomic E-state index is 0.0664. The van der Waals surface area contributed by atoms with E-state index in [2.05, 4.69) is 10.2 Å². The summed E-state index contributed by atoms with van der Waals surface area (Å²) >= 11 is 0. The molecule has 0 saturated carbocycles. The van der Waals surface area contributed by atoms with Crippen LogP contribution in [-0.4, -0.2) is 34.6 Å². The third kappa shape index (κ3) is 5.43. The molecule has 32 heavy (non-hydrogen) atoms. The largest absolute Gasteiger partial charge is 0.507 e. The third-order valence-electron chi connectivity index (χ3n) is 4.90. The molecule has 0 bridgehead atoms. The van der Waals surface area contributed by atoms with Crippen molar-refractivity contribution in [3.63, 3.8) is 0 Å². The summed E-state index contributed by atoms with van der Waals surface area (Å²) in [6, 6.07) is 17.1. The van der Waals surface area contributed by atoms with E-state index in [9.17, 15) is 19.8 Å². The average molecular weight is 430 g/mol. The molecule has 0 amide bonds. The first-order valence-corrected chi connectivity index (χ1v) is 9.92. The van der Waals surface area contributed by atoms with Gasteiger partial charge in [0.25, 0.3) is 0 Å². The lowest BCUT2D eigenvalue weighted by atomic mass is 10.0. The molecule has 0 aliphatic heterocycles. The molecule has 0 aromatic heterocycles. The molecule has 0 aliphatic carbocycles. The second-order valence-corrected chi connectivity index (χ2v) is 7.16. The van der Waals surface area contributed by atoms with E-state index in [1.54, 1.807) is 54.6 Å². The Labute approximate surface area is 185 Å². The molecule has 0 heterocycles. The van der Waals surface area contributed by atoms with E-state index in [0.717, 1.165) is 5.56 Å². The normalized spacial score (nSPS) is 11.2. The lowest BCUT2D eigenvalue weighted by molar-refractivity contribution is -0.138. The van der Waals surface area contributed by atoms with Crippen molar-refractivity contribution in [1.29, 1.82) is 0 Å². The van der Waals surface area contributed by atoms with Gasteiger partial charge in [-0.1, -0.05) is 42.5 Å². The first kappa shape index (κ1) is 22.4. The van der Waals surface area contributed by atoms with Gasteiger partial charge >= 0.3 is 5.97 Å². The molecule has 162 valence electrons. The smallest absolute Gasteiger partial charge is 0.326 e. The Morgan fingerprint density at radius 1 is 1.09 bits per heavy atom. The standard InChI is InChI=1S/C25H22N2O5/c1-16-8-9-18(26-2)14-22(16)27-21(25(30)31)12-13-32-19-10-11-20(23(28)15-19)24(29)17-6-4-3-5-7-17/h3-11,14-15,21,27-28H,12-13H2,1H3,(H,30,31). The van der Waals surface area contributed by atoms with Gasteiger partial charge in [0.05, 0.1) is 18.7 Å². The Kier molecular flexibility index (Phi) is 7.09. The van der Waals surface area contributed by atoms with Gasteiger partial charge in [0, 0.05) is 23.7 Å². The number of aromatic hydroxyl groups is 1. The number of hydrogen-bond donors (Lipinski definition) is 3. The quantitative estimate of drug-likeness (QED) is 0.333. The highest BCUT2D eigenvalue weighted by atomic mass is 16.5. The van der Waals surface area contributed by atoms with Gasteiger partial charge in [-0.05, 0) is 30.7 Å². The lowest BCUT2D eigenvalue weighted by Gasteiger charge is -2.18. The summed E-state index contributed by atoms with van der Waals surface area (Å²) in [5.41, 5.74) is 2.44. The third-order valence-corrected chi connectivity index (χ3v) is 4.90. The van der Waals surface area contributed by atoms with E-state index >= 15 is 0 Å². The Morgan fingerprint density at radius 2 is 1.84 bits per heavy atom. The number of carboxylic acids is 1. The van der Waals surface area contributed by atoms with E-state index in [4.69, 9.17) is 11.3 Å². The monoisotopic (exact) mass is 430 g/mol. The maximum absolute atomic E-state index is 12.5. The zero-order valence-electron chi connectivity index (χ0n) is 17.4. The number of phenolic OH excluding ortho intramolecular Hbond substituents is 1. The van der Waals surface area contributed by atoms with Gasteiger partial charge in [-0.3, -0.25) is 4.79 Å². The number of phenols is 1. The number of carboxylic acid groups (broad SMARTS) is 1. The summed E-state index contributed by atoms with van der Waals surface area (Å²) < 4.78 is 5.60. The molecule has 3 aromatic carbocycles. The van der Waals surface area contributed by atoms with Gasteiger partial charge in [0.1, 0.15) is 17.5 Å². The first-order chi connectivity index (χ1) is 15.4. The highest BCUT2D eigenvalue weighted by Crippen LogP contribution is 2.27. The SMILES string of the molecule is [C-]#[N+]c1ccc(C)c(NC(CCOc2ccc(C(=O)c3ccccc3)c(O)c2)C(=O)O)c1. The van der Waals surface area contributed by atoms with Crippen molar-refractivity contribution < 1.29 is 24.5 Å². The number of rotatable bonds is 9. The molecule has 3 N–H and O–H groups in total. The van der Waals surface area contributed by atoms with Gasteiger partial charge in [0.15, 0.2) is 11.5 Å². The van der Waals surface area contributed by atoms with Crippen molar-refractivity contribution in [2.45, 2.75) is 19.4 Å². The Balaban J connectivity index is 1.63. The summed E-state index contributed by atoms with van der Waals surface area (Å²) in [6.07, 6.45) is 0.141. The molecule has 0 spiro atoms. The van der Waals surface area contributed by atoms with E-state index in [1.165, 1.54) is 12.1 Å². The maximum atomic E-state index is 12.5. The first-order valence-electron chi connectivity index (χ1n) is 9.92. The van der Waals surface area contributed by atoms with Gasteiger partial charge in [-0.15, -0.1) is 0 Å². The number of aryl methyl sites for hydroxylation is 1. The fourth-order valence-electron chi connectivity index (χ4n) is 3.11. The second kappa shape index (κ2) is 10.1. The van der Waals surface area contributed by atoms with Crippen molar-refractivity contribution in [2.75, 3.05) is 11.9 Å². The topological polar surface area (TPSA) is 100 Å². The van der Waals surface area contributed by atoms with Crippen LogP contribution in [0.4, 0.5) is 11.4 Å². The van der Waals surface area contributed by atoms with Crippen LogP contribution in [0.3, 0.4) is 0 Å². The molecular weight excluding hydrogens is 408 g/mol. The summed E-state index contributed by atoms with van der Waals surface area (Å²) in [7, 11) is 0. The fraction of sp³-hybridized carbons (Fsp3) is 0.160. The van der Waals surface area contributed by atoms with Crippen LogP contribution in [0.15, 0.2) is 66.7 Å². The molecule has 7 heteroatoms. The highest BCUT2D eigenvalue weighted by molar-refractivity contribution is 6.10. The van der Waals surface area contributed by atoms with Crippen LogP contribution in [0.2, 0.25) is 0 Å². The maximum Gasteiger partial charge on any atom is 0.326 e. The summed E-state index contributed by atoms with van der Waals surface area (Å²) in [5.74, 6) is -1.24. The van der Waals surface area contributed by atoms with E-state index in [-0.39, 0.29) is 30.1 Å². The lowest BCUT2D eigenvalue weighted by Crippen LogP contribution is -2.31. The number of nitrogens with one attached hydrogen (secondary N) is 1. The van der Waals surface area contributed by atoms with Crippen molar-refractivity contribution in [3.05, 3.63) is 94.8 Å². The molecule has 1 atom stereocenters. The fourth-order valence-corrected chi connectivity index (χ4v) is 3.11. The number of nitrogens with zero attached hydrogens (tertiary/aromatic N) is 1. The van der Waals surface area contributed by atoms with E-state index in [0.29, 0.717) is 22.7 Å². The van der Waals surface area contributed by atoms with Crippen LogP contribution >= 0.6 is 0 Å². The van der Waals surface area contributed by atoms with Crippen molar-refractivity contribution in [2.24, 2.45) is 0 Å². The summed E-state index contributed by atoms with van der Waals surface area (Å²) in [4.78, 5) is 27.5. The van der Waals surface area contributed by atoms with Gasteiger partial charge in [0.2, 0.25) is 0 Å². The highest BCUT2D eigenvalue weighted by Gasteiger charge is 2.19. The predicted octanol–water partition coefficient (Wildman–Crippen LogP) is 4.82. The zero-order chi connectivity index (χ0) is 23.1. The number of benzene rings is 3. The number of anilines is 1. The van der Waals surface area contributed by atoms with Crippen LogP contribution in [0.5, 0.6) is 11.5 Å². The number of ether oxygens (including phenoxy) is 1. The van der Waals surface area contributed by atoms with Crippen LogP contribution in [-0.2, 0) is 4.79 Å². The molecule has 0 saturated heterocycles. The number of carbonyl (C=O) groups excluding carboxylic acids is 1. The van der Waals surface area contributed by atoms with Crippen LogP contribution < -0.4 is 10.1 Å². The number of hydrogen-bond acceptors (Lipinski definition) is 5. The predicted molar refractivity (Wildman–Crippen MR) is 121 cm³/mol. The minimum Gasteiger partial charge on any atom is -0.507 e. The van der Waals surface area contributed by atoms with E-state index < -0.39 is 12.0 Å². The van der Waals surface area contributed by atoms with Crippen LogP contribution in [0.25, 0.3) is 4.85 Å². The number of ketones is 1. The molecule has 3 rings (SSSR count). The minimum atomic E-state index is -1.05. The Bertz CT molecular complexity index is 1170. The second-order valence-electron chi connectivity index (χ2n) is 7.16. The van der Waals surface area contributed by atoms with Crippen LogP contribution in [0, 0.1) is 13.5 Å². The number of aliphatic carboxylic acids is 1. The Morgan fingerprint density at radius 3 is 2.50 bits per heavy atom. The molecular formula is C25H22N2O5. The van der Waals surface area contributed by atoms with Crippen molar-refractivity contribution in [3.8, 4) is 11.5 Å².